The van der Waals surface area contributed by atoms with Crippen molar-refractivity contribution in [3.8, 4) is 11.5 Å². The summed E-state index contributed by atoms with van der Waals surface area (Å²) in [7, 11) is 0. The van der Waals surface area contributed by atoms with Crippen LogP contribution in [0.1, 0.15) is 104 Å². The van der Waals surface area contributed by atoms with Gasteiger partial charge in [0, 0.05) is 0 Å². The molecule has 2 rings (SSSR count). The zero-order chi connectivity index (χ0) is 21.6. The van der Waals surface area contributed by atoms with E-state index in [0.717, 1.165) is 31.6 Å². The number of halogens is 2. The Morgan fingerprint density at radius 1 is 0.700 bits per heavy atom. The summed E-state index contributed by atoms with van der Waals surface area (Å²) >= 11 is 0. The third kappa shape index (κ3) is 8.81. The molecule has 1 aromatic carbocycles. The first-order chi connectivity index (χ1) is 14.7. The van der Waals surface area contributed by atoms with E-state index in [2.05, 4.69) is 13.8 Å². The molecule has 2 nitrogen and oxygen atoms in total. The Labute approximate surface area is 182 Å². The number of ether oxygens (including phenoxy) is 2. The Balaban J connectivity index is 1.69. The lowest BCUT2D eigenvalue weighted by molar-refractivity contribution is 0.172. The van der Waals surface area contributed by atoms with Crippen LogP contribution in [-0.2, 0) is 0 Å². The van der Waals surface area contributed by atoms with Crippen LogP contribution in [-0.4, -0.2) is 13.2 Å². The molecule has 0 spiro atoms. The van der Waals surface area contributed by atoms with Crippen LogP contribution in [0.3, 0.4) is 0 Å². The maximum Gasteiger partial charge on any atom is 0.204 e. The summed E-state index contributed by atoms with van der Waals surface area (Å²) in [6, 6.07) is 3.00. The lowest BCUT2D eigenvalue weighted by Gasteiger charge is -2.28. The number of rotatable bonds is 15. The first-order valence-corrected chi connectivity index (χ1v) is 12.4. The molecule has 1 aliphatic rings. The molecule has 0 saturated heterocycles. The molecule has 0 aliphatic heterocycles. The molecule has 0 heterocycles. The van der Waals surface area contributed by atoms with Crippen molar-refractivity contribution >= 4 is 0 Å². The van der Waals surface area contributed by atoms with E-state index < -0.39 is 11.6 Å². The molecule has 1 aliphatic carbocycles. The molecule has 172 valence electrons. The van der Waals surface area contributed by atoms with Crippen LogP contribution >= 0.6 is 0 Å². The topological polar surface area (TPSA) is 18.5 Å². The Hall–Kier alpha value is -1.32. The van der Waals surface area contributed by atoms with Crippen LogP contribution in [0, 0.1) is 23.5 Å². The summed E-state index contributed by atoms with van der Waals surface area (Å²) in [4.78, 5) is 0. The Morgan fingerprint density at radius 2 is 1.23 bits per heavy atom. The van der Waals surface area contributed by atoms with E-state index in [-0.39, 0.29) is 11.5 Å². The van der Waals surface area contributed by atoms with Crippen LogP contribution in [0.5, 0.6) is 11.5 Å². The van der Waals surface area contributed by atoms with Crippen molar-refractivity contribution < 1.29 is 18.3 Å². The Kier molecular flexibility index (Phi) is 12.2. The van der Waals surface area contributed by atoms with E-state index in [0.29, 0.717) is 19.1 Å². The van der Waals surface area contributed by atoms with Gasteiger partial charge in [0.2, 0.25) is 11.6 Å². The van der Waals surface area contributed by atoms with E-state index in [1.807, 2.05) is 0 Å². The molecule has 0 unspecified atom stereocenters. The SMILES string of the molecule is CCCCCCCCOc1ccc(OC[C@H]2CC[C@H](CCCCC)CC2)c(F)c1F. The van der Waals surface area contributed by atoms with Gasteiger partial charge in [-0.15, -0.1) is 0 Å². The minimum Gasteiger partial charge on any atom is -0.490 e. The zero-order valence-electron chi connectivity index (χ0n) is 19.2. The van der Waals surface area contributed by atoms with Crippen molar-refractivity contribution in [3.05, 3.63) is 23.8 Å². The van der Waals surface area contributed by atoms with Crippen LogP contribution in [0.2, 0.25) is 0 Å². The maximum absolute atomic E-state index is 14.4. The van der Waals surface area contributed by atoms with Crippen molar-refractivity contribution in [2.24, 2.45) is 11.8 Å². The highest BCUT2D eigenvalue weighted by Crippen LogP contribution is 2.33. The highest BCUT2D eigenvalue weighted by Gasteiger charge is 2.22. The smallest absolute Gasteiger partial charge is 0.204 e. The van der Waals surface area contributed by atoms with Crippen molar-refractivity contribution in [2.45, 2.75) is 104 Å². The molecular weight excluding hydrogens is 382 g/mol. The van der Waals surface area contributed by atoms with E-state index in [1.54, 1.807) is 0 Å². The van der Waals surface area contributed by atoms with Crippen LogP contribution in [0.4, 0.5) is 8.78 Å². The van der Waals surface area contributed by atoms with E-state index in [4.69, 9.17) is 9.47 Å². The van der Waals surface area contributed by atoms with Gasteiger partial charge in [-0.05, 0) is 43.2 Å². The molecule has 0 bridgehead atoms. The lowest BCUT2D eigenvalue weighted by Crippen LogP contribution is -2.20. The van der Waals surface area contributed by atoms with Crippen molar-refractivity contribution in [1.82, 2.24) is 0 Å². The normalized spacial score (nSPS) is 19.1. The van der Waals surface area contributed by atoms with Gasteiger partial charge < -0.3 is 9.47 Å². The predicted molar refractivity (Wildman–Crippen MR) is 120 cm³/mol. The van der Waals surface area contributed by atoms with Crippen molar-refractivity contribution in [2.75, 3.05) is 13.2 Å². The van der Waals surface area contributed by atoms with Crippen molar-refractivity contribution in [1.29, 1.82) is 0 Å². The molecule has 1 aromatic rings. The summed E-state index contributed by atoms with van der Waals surface area (Å²) < 4.78 is 39.8. The minimum absolute atomic E-state index is 0.00415. The standard InChI is InChI=1S/C26H42F2O2/c1-3-5-7-8-9-11-19-29-23-17-18-24(26(28)25(23)27)30-20-22-15-13-21(14-16-22)12-10-6-4-2/h17-18,21-22H,3-16,19-20H2,1-2H3/t21-,22-. The molecule has 0 atom stereocenters. The van der Waals surface area contributed by atoms with E-state index >= 15 is 0 Å². The average Bonchev–Trinajstić information content (AvgIpc) is 2.76. The molecular formula is C26H42F2O2. The molecule has 0 radical (unpaired) electrons. The summed E-state index contributed by atoms with van der Waals surface area (Å²) in [5.41, 5.74) is 0. The van der Waals surface area contributed by atoms with Gasteiger partial charge in [0.15, 0.2) is 11.5 Å². The molecule has 1 saturated carbocycles. The second-order valence-corrected chi connectivity index (χ2v) is 9.00. The highest BCUT2D eigenvalue weighted by atomic mass is 19.2. The van der Waals surface area contributed by atoms with Gasteiger partial charge in [-0.2, -0.15) is 8.78 Å². The largest absolute Gasteiger partial charge is 0.490 e. The Bertz CT molecular complexity index is 583. The summed E-state index contributed by atoms with van der Waals surface area (Å²) in [5.74, 6) is -0.587. The number of unbranched alkanes of at least 4 members (excludes halogenated alkanes) is 7. The minimum atomic E-state index is -0.932. The maximum atomic E-state index is 14.4. The molecule has 30 heavy (non-hydrogen) atoms. The number of benzene rings is 1. The van der Waals surface area contributed by atoms with Crippen LogP contribution < -0.4 is 9.47 Å². The summed E-state index contributed by atoms with van der Waals surface area (Å²) in [6.07, 6.45) is 16.8. The van der Waals surface area contributed by atoms with Gasteiger partial charge in [0.1, 0.15) is 0 Å². The molecule has 4 heteroatoms. The van der Waals surface area contributed by atoms with Gasteiger partial charge >= 0.3 is 0 Å². The van der Waals surface area contributed by atoms with E-state index in [9.17, 15) is 8.78 Å². The van der Waals surface area contributed by atoms with Gasteiger partial charge in [-0.1, -0.05) is 84.5 Å². The fourth-order valence-corrected chi connectivity index (χ4v) is 4.38. The third-order valence-corrected chi connectivity index (χ3v) is 6.42. The average molecular weight is 425 g/mol. The number of hydrogen-bond acceptors (Lipinski definition) is 2. The summed E-state index contributed by atoms with van der Waals surface area (Å²) in [5, 5.41) is 0. The second-order valence-electron chi connectivity index (χ2n) is 9.00. The number of hydrogen-bond donors (Lipinski definition) is 0. The van der Waals surface area contributed by atoms with Gasteiger partial charge in [-0.25, -0.2) is 0 Å². The molecule has 0 amide bonds. The fourth-order valence-electron chi connectivity index (χ4n) is 4.38. The third-order valence-electron chi connectivity index (χ3n) is 6.42. The van der Waals surface area contributed by atoms with Gasteiger partial charge in [0.05, 0.1) is 13.2 Å². The first-order valence-electron chi connectivity index (χ1n) is 12.4. The summed E-state index contributed by atoms with van der Waals surface area (Å²) in [6.45, 7) is 5.32. The second kappa shape index (κ2) is 14.6. The first kappa shape index (κ1) is 24.9. The van der Waals surface area contributed by atoms with E-state index in [1.165, 1.54) is 76.3 Å². The van der Waals surface area contributed by atoms with Gasteiger partial charge in [0.25, 0.3) is 0 Å². The molecule has 1 fully saturated rings. The van der Waals surface area contributed by atoms with Crippen LogP contribution in [0.25, 0.3) is 0 Å². The monoisotopic (exact) mass is 424 g/mol. The quantitative estimate of drug-likeness (QED) is 0.263. The van der Waals surface area contributed by atoms with Gasteiger partial charge in [-0.3, -0.25) is 0 Å². The van der Waals surface area contributed by atoms with Crippen LogP contribution in [0.15, 0.2) is 12.1 Å². The highest BCUT2D eigenvalue weighted by molar-refractivity contribution is 5.35. The predicted octanol–water partition coefficient (Wildman–Crippen LogP) is 8.47. The fraction of sp³-hybridized carbons (Fsp3) is 0.769. The Morgan fingerprint density at radius 3 is 1.90 bits per heavy atom. The van der Waals surface area contributed by atoms with Crippen molar-refractivity contribution in [3.63, 3.8) is 0 Å². The molecule has 0 N–H and O–H groups in total. The zero-order valence-corrected chi connectivity index (χ0v) is 19.2. The lowest BCUT2D eigenvalue weighted by atomic mass is 9.80. The molecule has 0 aromatic heterocycles.